The summed E-state index contributed by atoms with van der Waals surface area (Å²) in [6.07, 6.45) is 0.368. The zero-order valence-corrected chi connectivity index (χ0v) is 15.7. The number of benzene rings is 2. The molecule has 2 heterocycles. The smallest absolute Gasteiger partial charge is 0.354 e. The van der Waals surface area contributed by atoms with Crippen molar-refractivity contribution in [2.75, 3.05) is 19.1 Å². The van der Waals surface area contributed by atoms with Crippen LogP contribution in [0, 0.1) is 0 Å². The third-order valence-corrected chi connectivity index (χ3v) is 5.40. The molecule has 0 unspecified atom stereocenters. The van der Waals surface area contributed by atoms with Crippen LogP contribution in [-0.2, 0) is 20.9 Å². The minimum atomic E-state index is -1.45. The summed E-state index contributed by atoms with van der Waals surface area (Å²) in [7, 11) is 3.12. The number of amides is 2. The number of para-hydroxylation sites is 1. The van der Waals surface area contributed by atoms with E-state index in [1.807, 2.05) is 0 Å². The minimum absolute atomic E-state index is 0.0380. The SMILES string of the molecule is COc1ccc(COC(=O)[C@@]23CCC(=O)N2c2ccccc2C(=O)N3C)cc1. The molecule has 0 saturated carbocycles. The molecular formula is C21H20N2O5. The Hall–Kier alpha value is -3.35. The van der Waals surface area contributed by atoms with Crippen molar-refractivity contribution in [1.29, 1.82) is 0 Å². The maximum atomic E-state index is 13.2. The Morgan fingerprint density at radius 1 is 1.11 bits per heavy atom. The van der Waals surface area contributed by atoms with Gasteiger partial charge in [0.1, 0.15) is 12.4 Å². The first-order valence-electron chi connectivity index (χ1n) is 8.99. The zero-order valence-electron chi connectivity index (χ0n) is 15.7. The van der Waals surface area contributed by atoms with E-state index in [1.54, 1.807) is 62.7 Å². The van der Waals surface area contributed by atoms with Crippen molar-refractivity contribution in [2.24, 2.45) is 0 Å². The summed E-state index contributed by atoms with van der Waals surface area (Å²) in [6, 6.07) is 14.0. The van der Waals surface area contributed by atoms with Crippen LogP contribution in [0.15, 0.2) is 48.5 Å². The Kier molecular flexibility index (Phi) is 4.30. The molecule has 4 rings (SSSR count). The van der Waals surface area contributed by atoms with Crippen LogP contribution in [0.3, 0.4) is 0 Å². The fourth-order valence-corrected chi connectivity index (χ4v) is 3.88. The van der Waals surface area contributed by atoms with Crippen molar-refractivity contribution in [3.8, 4) is 5.75 Å². The van der Waals surface area contributed by atoms with E-state index in [4.69, 9.17) is 9.47 Å². The average molecular weight is 380 g/mol. The predicted molar refractivity (Wildman–Crippen MR) is 101 cm³/mol. The number of rotatable bonds is 4. The van der Waals surface area contributed by atoms with Crippen molar-refractivity contribution in [3.05, 3.63) is 59.7 Å². The molecule has 2 aromatic carbocycles. The van der Waals surface area contributed by atoms with Crippen molar-refractivity contribution in [1.82, 2.24) is 4.90 Å². The first kappa shape index (κ1) is 18.0. The lowest BCUT2D eigenvalue weighted by Gasteiger charge is -2.46. The second kappa shape index (κ2) is 6.67. The van der Waals surface area contributed by atoms with Crippen molar-refractivity contribution in [2.45, 2.75) is 25.1 Å². The number of hydrogen-bond acceptors (Lipinski definition) is 5. The van der Waals surface area contributed by atoms with Gasteiger partial charge in [-0.3, -0.25) is 14.5 Å². The number of carbonyl (C=O) groups is 3. The van der Waals surface area contributed by atoms with Crippen LogP contribution in [0.25, 0.3) is 0 Å². The Morgan fingerprint density at radius 3 is 2.54 bits per heavy atom. The van der Waals surface area contributed by atoms with Gasteiger partial charge in [-0.1, -0.05) is 24.3 Å². The van der Waals surface area contributed by atoms with Gasteiger partial charge in [0.05, 0.1) is 18.4 Å². The lowest BCUT2D eigenvalue weighted by Crippen LogP contribution is -2.67. The largest absolute Gasteiger partial charge is 0.497 e. The average Bonchev–Trinajstić information content (AvgIpc) is 3.09. The number of methoxy groups -OCH3 is 1. The fourth-order valence-electron chi connectivity index (χ4n) is 3.88. The van der Waals surface area contributed by atoms with Crippen LogP contribution in [0.4, 0.5) is 5.69 Å². The summed E-state index contributed by atoms with van der Waals surface area (Å²) in [5, 5.41) is 0. The molecule has 28 heavy (non-hydrogen) atoms. The second-order valence-corrected chi connectivity index (χ2v) is 6.85. The summed E-state index contributed by atoms with van der Waals surface area (Å²) < 4.78 is 10.7. The second-order valence-electron chi connectivity index (χ2n) is 6.85. The number of carbonyl (C=O) groups excluding carboxylic acids is 3. The molecule has 0 N–H and O–H groups in total. The van der Waals surface area contributed by atoms with E-state index < -0.39 is 11.6 Å². The standard InChI is InChI=1S/C21H20N2O5/c1-22-19(25)16-5-3-4-6-17(16)23-18(24)11-12-21(22,23)20(26)28-13-14-7-9-15(27-2)10-8-14/h3-10H,11-13H2,1-2H3/t21-/m1/s1. The molecule has 0 bridgehead atoms. The van der Waals surface area contributed by atoms with E-state index in [1.165, 1.54) is 9.80 Å². The molecule has 0 aliphatic carbocycles. The predicted octanol–water partition coefficient (Wildman–Crippen LogP) is 2.35. The van der Waals surface area contributed by atoms with Gasteiger partial charge in [-0.05, 0) is 29.8 Å². The Labute approximate surface area is 162 Å². The maximum Gasteiger partial charge on any atom is 0.354 e. The van der Waals surface area contributed by atoms with Crippen LogP contribution >= 0.6 is 0 Å². The van der Waals surface area contributed by atoms with Crippen molar-refractivity contribution < 1.29 is 23.9 Å². The highest BCUT2D eigenvalue weighted by atomic mass is 16.5. The summed E-state index contributed by atoms with van der Waals surface area (Å²) in [4.78, 5) is 41.5. The quantitative estimate of drug-likeness (QED) is 0.761. The summed E-state index contributed by atoms with van der Waals surface area (Å²) in [5.41, 5.74) is 0.189. The molecule has 1 atom stereocenters. The molecule has 2 aromatic rings. The van der Waals surface area contributed by atoms with Crippen LogP contribution in [0.1, 0.15) is 28.8 Å². The van der Waals surface area contributed by atoms with Gasteiger partial charge in [-0.15, -0.1) is 0 Å². The lowest BCUT2D eigenvalue weighted by molar-refractivity contribution is -0.157. The molecule has 2 aliphatic rings. The van der Waals surface area contributed by atoms with Gasteiger partial charge < -0.3 is 14.4 Å². The molecule has 0 spiro atoms. The normalized spacial score (nSPS) is 20.6. The molecule has 0 aromatic heterocycles. The van der Waals surface area contributed by atoms with E-state index in [-0.39, 0.29) is 31.3 Å². The van der Waals surface area contributed by atoms with E-state index in [0.717, 1.165) is 5.56 Å². The maximum absolute atomic E-state index is 13.2. The number of fused-ring (bicyclic) bond motifs is 3. The Balaban J connectivity index is 1.65. The molecule has 2 aliphatic heterocycles. The third-order valence-electron chi connectivity index (χ3n) is 5.40. The minimum Gasteiger partial charge on any atom is -0.497 e. The van der Waals surface area contributed by atoms with Crippen molar-refractivity contribution in [3.63, 3.8) is 0 Å². The molecule has 0 radical (unpaired) electrons. The van der Waals surface area contributed by atoms with Crippen LogP contribution in [0.5, 0.6) is 5.75 Å². The first-order valence-corrected chi connectivity index (χ1v) is 8.99. The number of ether oxygens (including phenoxy) is 2. The van der Waals surface area contributed by atoms with Crippen molar-refractivity contribution >= 4 is 23.5 Å². The number of esters is 1. The third kappa shape index (κ3) is 2.54. The van der Waals surface area contributed by atoms with E-state index in [0.29, 0.717) is 17.0 Å². The summed E-state index contributed by atoms with van der Waals surface area (Å²) in [5.74, 6) is -0.411. The fraction of sp³-hybridized carbons (Fsp3) is 0.286. The van der Waals surface area contributed by atoms with Gasteiger partial charge in [0.15, 0.2) is 0 Å². The molecule has 144 valence electrons. The Morgan fingerprint density at radius 2 is 1.82 bits per heavy atom. The van der Waals surface area contributed by atoms with Gasteiger partial charge in [0, 0.05) is 19.9 Å². The number of anilines is 1. The molecular weight excluding hydrogens is 360 g/mol. The van der Waals surface area contributed by atoms with Gasteiger partial charge in [0.2, 0.25) is 11.6 Å². The summed E-state index contributed by atoms with van der Waals surface area (Å²) >= 11 is 0. The zero-order chi connectivity index (χ0) is 19.9. The van der Waals surface area contributed by atoms with E-state index in [2.05, 4.69) is 0 Å². The van der Waals surface area contributed by atoms with Gasteiger partial charge in [-0.2, -0.15) is 0 Å². The molecule has 1 fully saturated rings. The Bertz CT molecular complexity index is 956. The van der Waals surface area contributed by atoms with Gasteiger partial charge in [0.25, 0.3) is 5.91 Å². The van der Waals surface area contributed by atoms with Crippen LogP contribution < -0.4 is 9.64 Å². The van der Waals surface area contributed by atoms with E-state index >= 15 is 0 Å². The molecule has 1 saturated heterocycles. The molecule has 7 heteroatoms. The van der Waals surface area contributed by atoms with Gasteiger partial charge in [-0.25, -0.2) is 4.79 Å². The lowest BCUT2D eigenvalue weighted by atomic mass is 9.97. The molecule has 2 amide bonds. The number of likely N-dealkylation sites (N-methyl/N-ethyl adjacent to an activating group) is 1. The topological polar surface area (TPSA) is 76.1 Å². The van der Waals surface area contributed by atoms with E-state index in [9.17, 15) is 14.4 Å². The first-order chi connectivity index (χ1) is 13.5. The summed E-state index contributed by atoms with van der Waals surface area (Å²) in [6.45, 7) is 0.0380. The van der Waals surface area contributed by atoms with Crippen LogP contribution in [0.2, 0.25) is 0 Å². The number of nitrogens with zero attached hydrogens (tertiary/aromatic N) is 2. The molecule has 7 nitrogen and oxygen atoms in total. The highest BCUT2D eigenvalue weighted by molar-refractivity contribution is 6.15. The monoisotopic (exact) mass is 380 g/mol. The number of hydrogen-bond donors (Lipinski definition) is 0. The highest BCUT2D eigenvalue weighted by Crippen LogP contribution is 2.44. The van der Waals surface area contributed by atoms with Gasteiger partial charge >= 0.3 is 5.97 Å². The highest BCUT2D eigenvalue weighted by Gasteiger charge is 2.60. The van der Waals surface area contributed by atoms with Crippen LogP contribution in [-0.4, -0.2) is 42.5 Å².